The molecule has 0 radical (unpaired) electrons. The topological polar surface area (TPSA) is 98.7 Å². The van der Waals surface area contributed by atoms with Gasteiger partial charge >= 0.3 is 0 Å². The van der Waals surface area contributed by atoms with Crippen molar-refractivity contribution in [2.75, 3.05) is 30.2 Å². The van der Waals surface area contributed by atoms with Gasteiger partial charge in [0, 0.05) is 13.1 Å². The van der Waals surface area contributed by atoms with Gasteiger partial charge < -0.3 is 15.7 Å². The molecule has 22 heavy (non-hydrogen) atoms. The summed E-state index contributed by atoms with van der Waals surface area (Å²) in [4.78, 5) is 12.0. The molecule has 0 saturated carbocycles. The van der Waals surface area contributed by atoms with E-state index in [4.69, 9.17) is 0 Å². The van der Waals surface area contributed by atoms with Crippen LogP contribution >= 0.6 is 0 Å². The molecule has 122 valence electrons. The van der Waals surface area contributed by atoms with Crippen LogP contribution < -0.4 is 14.9 Å². The van der Waals surface area contributed by atoms with Crippen molar-refractivity contribution in [2.24, 2.45) is 0 Å². The van der Waals surface area contributed by atoms with Gasteiger partial charge in [0.05, 0.1) is 24.1 Å². The van der Waals surface area contributed by atoms with E-state index in [2.05, 4.69) is 10.6 Å². The van der Waals surface area contributed by atoms with Crippen LogP contribution in [0, 0.1) is 5.82 Å². The minimum atomic E-state index is -3.75. The zero-order valence-electron chi connectivity index (χ0n) is 12.0. The molecule has 1 aromatic carbocycles. The molecule has 1 aliphatic rings. The van der Waals surface area contributed by atoms with E-state index in [1.165, 1.54) is 18.2 Å². The molecule has 9 heteroatoms. The third-order valence-electron chi connectivity index (χ3n) is 3.31. The van der Waals surface area contributed by atoms with Gasteiger partial charge in [-0.25, -0.2) is 12.8 Å². The molecule has 7 nitrogen and oxygen atoms in total. The average Bonchev–Trinajstić information content (AvgIpc) is 2.80. The Kier molecular flexibility index (Phi) is 4.99. The molecule has 2 rings (SSSR count). The number of carbonyl (C=O) groups is 1. The standard InChI is InChI=1S/C13H18FN3O4S/c1-22(20,21)17(10-4-2-3-9(14)5-10)8-13(19)16-11-6-15-7-12(11)18/h2-5,11-12,15,18H,6-8H2,1H3,(H,16,19)/t11-,12-/m1/s1. The third-order valence-corrected chi connectivity index (χ3v) is 4.45. The van der Waals surface area contributed by atoms with Crippen LogP contribution in [0.5, 0.6) is 0 Å². The number of β-amino-alcohol motifs (C(OH)–C–C–N with tert-alkyl or cyclic N) is 1. The first-order valence-electron chi connectivity index (χ1n) is 6.69. The summed E-state index contributed by atoms with van der Waals surface area (Å²) in [6.07, 6.45) is 0.224. The van der Waals surface area contributed by atoms with Gasteiger partial charge in [-0.3, -0.25) is 9.10 Å². The Morgan fingerprint density at radius 2 is 2.23 bits per heavy atom. The molecule has 2 atom stereocenters. The van der Waals surface area contributed by atoms with Gasteiger partial charge in [0.2, 0.25) is 15.9 Å². The second-order valence-corrected chi connectivity index (χ2v) is 7.06. The van der Waals surface area contributed by atoms with Crippen molar-refractivity contribution in [3.05, 3.63) is 30.1 Å². The van der Waals surface area contributed by atoms with Crippen LogP contribution in [0.15, 0.2) is 24.3 Å². The first kappa shape index (κ1) is 16.7. The predicted octanol–water partition coefficient (Wildman–Crippen LogP) is -0.959. The van der Waals surface area contributed by atoms with Gasteiger partial charge in [0.15, 0.2) is 0 Å². The van der Waals surface area contributed by atoms with E-state index in [9.17, 15) is 22.7 Å². The number of anilines is 1. The Balaban J connectivity index is 2.12. The van der Waals surface area contributed by atoms with Crippen LogP contribution in [0.25, 0.3) is 0 Å². The minimum absolute atomic E-state index is 0.0720. The van der Waals surface area contributed by atoms with Crippen LogP contribution in [-0.2, 0) is 14.8 Å². The van der Waals surface area contributed by atoms with E-state index in [1.54, 1.807) is 0 Å². The number of carbonyl (C=O) groups excluding carboxylic acids is 1. The summed E-state index contributed by atoms with van der Waals surface area (Å²) in [7, 11) is -3.75. The molecule has 0 spiro atoms. The fourth-order valence-electron chi connectivity index (χ4n) is 2.23. The smallest absolute Gasteiger partial charge is 0.241 e. The Morgan fingerprint density at radius 3 is 2.77 bits per heavy atom. The van der Waals surface area contributed by atoms with Crippen LogP contribution in [0.3, 0.4) is 0 Å². The first-order valence-corrected chi connectivity index (χ1v) is 8.53. The molecule has 0 aliphatic carbocycles. The quantitative estimate of drug-likeness (QED) is 0.646. The van der Waals surface area contributed by atoms with Crippen molar-refractivity contribution in [1.29, 1.82) is 0 Å². The molecule has 1 aliphatic heterocycles. The normalized spacial score (nSPS) is 21.6. The lowest BCUT2D eigenvalue weighted by atomic mass is 10.2. The number of aliphatic hydroxyl groups is 1. The van der Waals surface area contributed by atoms with E-state index in [1.807, 2.05) is 0 Å². The molecule has 1 amide bonds. The largest absolute Gasteiger partial charge is 0.390 e. The number of benzene rings is 1. The van der Waals surface area contributed by atoms with Crippen molar-refractivity contribution in [3.8, 4) is 0 Å². The highest BCUT2D eigenvalue weighted by Gasteiger charge is 2.28. The summed E-state index contributed by atoms with van der Waals surface area (Å²) in [6.45, 7) is 0.294. The maximum Gasteiger partial charge on any atom is 0.241 e. The zero-order valence-corrected chi connectivity index (χ0v) is 12.8. The fraction of sp³-hybridized carbons (Fsp3) is 0.462. The average molecular weight is 331 g/mol. The molecular weight excluding hydrogens is 313 g/mol. The maximum atomic E-state index is 13.3. The van der Waals surface area contributed by atoms with E-state index in [-0.39, 0.29) is 5.69 Å². The molecule has 0 unspecified atom stereocenters. The van der Waals surface area contributed by atoms with Crippen molar-refractivity contribution in [1.82, 2.24) is 10.6 Å². The van der Waals surface area contributed by atoms with Gasteiger partial charge in [-0.05, 0) is 18.2 Å². The molecule has 0 bridgehead atoms. The highest BCUT2D eigenvalue weighted by molar-refractivity contribution is 7.92. The molecule has 1 fully saturated rings. The number of nitrogens with zero attached hydrogens (tertiary/aromatic N) is 1. The molecule has 3 N–H and O–H groups in total. The number of sulfonamides is 1. The molecule has 0 aromatic heterocycles. The maximum absolute atomic E-state index is 13.3. The van der Waals surface area contributed by atoms with Crippen LogP contribution in [0.2, 0.25) is 0 Å². The molecule has 1 heterocycles. The fourth-order valence-corrected chi connectivity index (χ4v) is 3.07. The number of amides is 1. The Bertz CT molecular complexity index is 652. The van der Waals surface area contributed by atoms with E-state index in [0.717, 1.165) is 16.6 Å². The highest BCUT2D eigenvalue weighted by Crippen LogP contribution is 2.18. The van der Waals surface area contributed by atoms with Crippen molar-refractivity contribution in [2.45, 2.75) is 12.1 Å². The summed E-state index contributed by atoms with van der Waals surface area (Å²) < 4.78 is 37.8. The summed E-state index contributed by atoms with van der Waals surface area (Å²) in [5.74, 6) is -1.16. The molecular formula is C13H18FN3O4S. The Morgan fingerprint density at radius 1 is 1.50 bits per heavy atom. The van der Waals surface area contributed by atoms with Crippen LogP contribution in [-0.4, -0.2) is 57.5 Å². The second-order valence-electron chi connectivity index (χ2n) is 5.15. The number of hydrogen-bond donors (Lipinski definition) is 3. The lowest BCUT2D eigenvalue weighted by Gasteiger charge is -2.23. The number of rotatable bonds is 5. The SMILES string of the molecule is CS(=O)(=O)N(CC(=O)N[C@@H]1CNC[C@H]1O)c1cccc(F)c1. The lowest BCUT2D eigenvalue weighted by Crippen LogP contribution is -2.48. The highest BCUT2D eigenvalue weighted by atomic mass is 32.2. The number of hydrogen-bond acceptors (Lipinski definition) is 5. The molecule has 1 saturated heterocycles. The van der Waals surface area contributed by atoms with Gasteiger partial charge in [0.25, 0.3) is 0 Å². The van der Waals surface area contributed by atoms with Gasteiger partial charge in [0.1, 0.15) is 12.4 Å². The first-order chi connectivity index (χ1) is 10.3. The van der Waals surface area contributed by atoms with E-state index >= 15 is 0 Å². The summed E-state index contributed by atoms with van der Waals surface area (Å²) in [5, 5.41) is 15.1. The minimum Gasteiger partial charge on any atom is -0.390 e. The van der Waals surface area contributed by atoms with Gasteiger partial charge in [-0.15, -0.1) is 0 Å². The predicted molar refractivity (Wildman–Crippen MR) is 79.4 cm³/mol. The van der Waals surface area contributed by atoms with Crippen LogP contribution in [0.1, 0.15) is 0 Å². The van der Waals surface area contributed by atoms with Gasteiger partial charge in [-0.2, -0.15) is 0 Å². The van der Waals surface area contributed by atoms with Crippen molar-refractivity contribution in [3.63, 3.8) is 0 Å². The monoisotopic (exact) mass is 331 g/mol. The molecule has 1 aromatic rings. The second kappa shape index (κ2) is 6.59. The number of nitrogens with one attached hydrogen (secondary N) is 2. The Labute approximate surface area is 128 Å². The number of halogens is 1. The van der Waals surface area contributed by atoms with E-state index in [0.29, 0.717) is 13.1 Å². The summed E-state index contributed by atoms with van der Waals surface area (Å²) in [5.41, 5.74) is 0.0720. The van der Waals surface area contributed by atoms with E-state index < -0.39 is 40.4 Å². The van der Waals surface area contributed by atoms with Crippen molar-refractivity contribution >= 4 is 21.6 Å². The zero-order chi connectivity index (χ0) is 16.3. The summed E-state index contributed by atoms with van der Waals surface area (Å²) in [6, 6.07) is 4.53. The van der Waals surface area contributed by atoms with Gasteiger partial charge in [-0.1, -0.05) is 6.07 Å². The number of aliphatic hydroxyl groups excluding tert-OH is 1. The summed E-state index contributed by atoms with van der Waals surface area (Å²) >= 11 is 0. The lowest BCUT2D eigenvalue weighted by molar-refractivity contribution is -0.120. The third kappa shape index (κ3) is 4.15. The van der Waals surface area contributed by atoms with Crippen LogP contribution in [0.4, 0.5) is 10.1 Å². The Hall–Kier alpha value is -1.71. The van der Waals surface area contributed by atoms with Crippen molar-refractivity contribution < 1.29 is 22.7 Å².